The van der Waals surface area contributed by atoms with Crippen molar-refractivity contribution in [3.05, 3.63) is 156 Å². The summed E-state index contributed by atoms with van der Waals surface area (Å²) in [5.74, 6) is 1.29. The van der Waals surface area contributed by atoms with Gasteiger partial charge in [-0.25, -0.2) is 4.98 Å². The number of hydrogen-bond acceptors (Lipinski definition) is 7. The van der Waals surface area contributed by atoms with Gasteiger partial charge < -0.3 is 24.3 Å². The molecule has 252 valence electrons. The van der Waals surface area contributed by atoms with Crippen LogP contribution in [-0.4, -0.2) is 27.9 Å². The average Bonchev–Trinajstić information content (AvgIpc) is 3.61. The lowest BCUT2D eigenvalue weighted by molar-refractivity contribution is -0.245. The van der Waals surface area contributed by atoms with Gasteiger partial charge in [0.1, 0.15) is 5.69 Å². The van der Waals surface area contributed by atoms with Crippen LogP contribution in [0.5, 0.6) is 0 Å². The van der Waals surface area contributed by atoms with Gasteiger partial charge in [0.05, 0.1) is 18.8 Å². The third-order valence-corrected chi connectivity index (χ3v) is 9.70. The highest BCUT2D eigenvalue weighted by Gasteiger charge is 2.33. The second kappa shape index (κ2) is 15.7. The lowest BCUT2D eigenvalue weighted by Crippen LogP contribution is -2.31. The van der Waals surface area contributed by atoms with Crippen LogP contribution in [-0.2, 0) is 27.4 Å². The third kappa shape index (κ3) is 7.90. The van der Waals surface area contributed by atoms with Gasteiger partial charge in [-0.15, -0.1) is 0 Å². The first-order valence-corrected chi connectivity index (χ1v) is 17.7. The van der Waals surface area contributed by atoms with E-state index in [1.165, 1.54) is 18.7 Å². The molecular weight excluding hydrogens is 645 g/mol. The summed E-state index contributed by atoms with van der Waals surface area (Å²) >= 11 is 1.54. The van der Waals surface area contributed by atoms with E-state index < -0.39 is 6.29 Å². The van der Waals surface area contributed by atoms with Gasteiger partial charge in [-0.3, -0.25) is 4.79 Å². The maximum absolute atomic E-state index is 11.6. The Kier molecular flexibility index (Phi) is 10.5. The van der Waals surface area contributed by atoms with Crippen LogP contribution in [0.4, 0.5) is 0 Å². The quantitative estimate of drug-likeness (QED) is 0.132. The van der Waals surface area contributed by atoms with Crippen molar-refractivity contribution >= 4 is 17.7 Å². The summed E-state index contributed by atoms with van der Waals surface area (Å²) in [4.78, 5) is 16.5. The van der Waals surface area contributed by atoms with Crippen LogP contribution in [0, 0.1) is 0 Å². The topological polar surface area (TPSA) is 93.8 Å². The van der Waals surface area contributed by atoms with E-state index in [0.29, 0.717) is 23.9 Å². The molecule has 0 unspecified atom stereocenters. The molecule has 1 saturated heterocycles. The Bertz CT molecular complexity index is 1960. The number of nitrogens with zero attached hydrogens (tertiary/aromatic N) is 1. The number of oxazole rings is 1. The lowest BCUT2D eigenvalue weighted by atomic mass is 9.98. The number of nitrogens with one attached hydrogen (secondary N) is 1. The molecule has 1 fully saturated rings. The summed E-state index contributed by atoms with van der Waals surface area (Å²) in [7, 11) is 0. The molecule has 3 atom stereocenters. The van der Waals surface area contributed by atoms with Crippen molar-refractivity contribution in [2.45, 2.75) is 50.2 Å². The van der Waals surface area contributed by atoms with Crippen molar-refractivity contribution in [1.82, 2.24) is 10.3 Å². The van der Waals surface area contributed by atoms with E-state index >= 15 is 0 Å². The van der Waals surface area contributed by atoms with Crippen LogP contribution in [0.2, 0.25) is 0 Å². The molecule has 8 heteroatoms. The molecule has 7 nitrogen and oxygen atoms in total. The zero-order chi connectivity index (χ0) is 34.3. The number of aromatic nitrogens is 1. The molecule has 6 aromatic rings. The van der Waals surface area contributed by atoms with E-state index in [-0.39, 0.29) is 24.7 Å². The van der Waals surface area contributed by atoms with Crippen molar-refractivity contribution < 1.29 is 23.8 Å². The van der Waals surface area contributed by atoms with Gasteiger partial charge in [0, 0.05) is 42.3 Å². The van der Waals surface area contributed by atoms with Crippen LogP contribution in [0.1, 0.15) is 48.0 Å². The highest BCUT2D eigenvalue weighted by atomic mass is 32.2. The van der Waals surface area contributed by atoms with Crippen molar-refractivity contribution in [1.29, 1.82) is 0 Å². The smallest absolute Gasteiger partial charge is 0.256 e. The van der Waals surface area contributed by atoms with Gasteiger partial charge in [0.25, 0.3) is 5.22 Å². The number of carbonyl (C=O) groups is 1. The molecular formula is C42H38N2O5S. The Hall–Kier alpha value is -4.99. The van der Waals surface area contributed by atoms with Crippen molar-refractivity contribution in [3.8, 4) is 33.7 Å². The minimum Gasteiger partial charge on any atom is -0.431 e. The molecule has 0 saturated carbocycles. The van der Waals surface area contributed by atoms with E-state index in [4.69, 9.17) is 18.9 Å². The number of aliphatic hydroxyl groups is 1. The molecule has 0 spiro atoms. The Labute approximate surface area is 296 Å². The molecule has 1 amide bonds. The molecule has 0 aliphatic carbocycles. The molecule has 7 rings (SSSR count). The fourth-order valence-electron chi connectivity index (χ4n) is 6.12. The number of thioether (sulfide) groups is 1. The van der Waals surface area contributed by atoms with Crippen LogP contribution in [0.25, 0.3) is 33.7 Å². The summed E-state index contributed by atoms with van der Waals surface area (Å²) in [5, 5.41) is 13.1. The molecule has 1 aliphatic heterocycles. The van der Waals surface area contributed by atoms with Crippen molar-refractivity contribution in [2.24, 2.45) is 0 Å². The van der Waals surface area contributed by atoms with Gasteiger partial charge in [-0.2, -0.15) is 0 Å². The Balaban J connectivity index is 1.13. The SMILES string of the molecule is CC(=O)NCc1ccccc1-c1ccc([C@@H]2O[C@H](CSc3nc(-c4ccccc4)c(-c4ccccc4)o3)C[C@H](c3ccc(CO)cc3)O2)cc1. The average molecular weight is 683 g/mol. The first kappa shape index (κ1) is 33.5. The predicted octanol–water partition coefficient (Wildman–Crippen LogP) is 9.14. The maximum atomic E-state index is 11.6. The highest BCUT2D eigenvalue weighted by molar-refractivity contribution is 7.99. The number of rotatable bonds is 11. The number of hydrogen-bond donors (Lipinski definition) is 2. The maximum Gasteiger partial charge on any atom is 0.256 e. The summed E-state index contributed by atoms with van der Waals surface area (Å²) in [6.45, 7) is 1.97. The summed E-state index contributed by atoms with van der Waals surface area (Å²) in [6, 6.07) is 44.4. The molecule has 1 aromatic heterocycles. The summed E-state index contributed by atoms with van der Waals surface area (Å²) < 4.78 is 19.6. The van der Waals surface area contributed by atoms with Gasteiger partial charge in [0.15, 0.2) is 12.1 Å². The van der Waals surface area contributed by atoms with Crippen LogP contribution < -0.4 is 5.32 Å². The first-order chi connectivity index (χ1) is 24.5. The molecule has 1 aliphatic rings. The Morgan fingerprint density at radius 3 is 2.14 bits per heavy atom. The number of amides is 1. The zero-order valence-corrected chi connectivity index (χ0v) is 28.5. The van der Waals surface area contributed by atoms with E-state index in [9.17, 15) is 9.90 Å². The zero-order valence-electron chi connectivity index (χ0n) is 27.7. The van der Waals surface area contributed by atoms with E-state index in [0.717, 1.165) is 56.0 Å². The normalized spacial score (nSPS) is 17.4. The first-order valence-electron chi connectivity index (χ1n) is 16.7. The van der Waals surface area contributed by atoms with E-state index in [1.807, 2.05) is 115 Å². The third-order valence-electron chi connectivity index (χ3n) is 8.74. The van der Waals surface area contributed by atoms with E-state index in [2.05, 4.69) is 23.5 Å². The molecule has 5 aromatic carbocycles. The highest BCUT2D eigenvalue weighted by Crippen LogP contribution is 2.41. The van der Waals surface area contributed by atoms with Gasteiger partial charge in [-0.05, 0) is 27.8 Å². The Morgan fingerprint density at radius 2 is 1.44 bits per heavy atom. The molecule has 0 radical (unpaired) electrons. The van der Waals surface area contributed by atoms with Gasteiger partial charge in [-0.1, -0.05) is 145 Å². The molecule has 0 bridgehead atoms. The number of carbonyl (C=O) groups excluding carboxylic acids is 1. The standard InChI is InChI=1S/C42H38N2O5S/c1-28(46)43-25-35-14-8-9-15-37(35)30-20-22-34(23-21-30)41-47-36(24-38(48-41)31-18-16-29(26-45)17-19-31)27-50-42-44-39(32-10-4-2-5-11-32)40(49-42)33-12-6-3-7-13-33/h2-23,36,38,41,45H,24-27H2,1H3,(H,43,46)/t36-,38+,41+/m0/s1. The van der Waals surface area contributed by atoms with Crippen LogP contribution in [0.3, 0.4) is 0 Å². The van der Waals surface area contributed by atoms with Gasteiger partial charge >= 0.3 is 0 Å². The number of benzene rings is 5. The minimum absolute atomic E-state index is 0.0107. The fourth-order valence-corrected chi connectivity index (χ4v) is 6.96. The van der Waals surface area contributed by atoms with Crippen LogP contribution >= 0.6 is 11.8 Å². The predicted molar refractivity (Wildman–Crippen MR) is 196 cm³/mol. The van der Waals surface area contributed by atoms with Gasteiger partial charge in [0.2, 0.25) is 5.91 Å². The largest absolute Gasteiger partial charge is 0.431 e. The Morgan fingerprint density at radius 1 is 0.780 bits per heavy atom. The number of aliphatic hydroxyl groups excluding tert-OH is 1. The van der Waals surface area contributed by atoms with Crippen molar-refractivity contribution in [2.75, 3.05) is 5.75 Å². The second-order valence-electron chi connectivity index (χ2n) is 12.2. The monoisotopic (exact) mass is 682 g/mol. The molecule has 2 heterocycles. The minimum atomic E-state index is -0.593. The van der Waals surface area contributed by atoms with Crippen LogP contribution in [0.15, 0.2) is 143 Å². The summed E-state index contributed by atoms with van der Waals surface area (Å²) in [6.07, 6.45) is -0.320. The molecule has 2 N–H and O–H groups in total. The number of ether oxygens (including phenoxy) is 2. The fraction of sp³-hybridized carbons (Fsp3) is 0.190. The lowest BCUT2D eigenvalue weighted by Gasteiger charge is -2.36. The van der Waals surface area contributed by atoms with Crippen molar-refractivity contribution in [3.63, 3.8) is 0 Å². The van der Waals surface area contributed by atoms with E-state index in [1.54, 1.807) is 0 Å². The second-order valence-corrected chi connectivity index (χ2v) is 13.2. The summed E-state index contributed by atoms with van der Waals surface area (Å²) in [5.41, 5.74) is 8.72. The molecule has 50 heavy (non-hydrogen) atoms.